The number of aryl methyl sites for hydroxylation is 2. The predicted octanol–water partition coefficient (Wildman–Crippen LogP) is 9.44. The zero-order valence-electron chi connectivity index (χ0n) is 24.8. The fourth-order valence-electron chi connectivity index (χ4n) is 4.45. The molecule has 0 spiro atoms. The molecule has 4 aromatic rings. The van der Waals surface area contributed by atoms with Gasteiger partial charge in [0, 0.05) is 28.2 Å². The number of carbonyl (C=O) groups is 2. The first kappa shape index (κ1) is 30.1. The van der Waals surface area contributed by atoms with E-state index in [9.17, 15) is 9.59 Å². The van der Waals surface area contributed by atoms with Crippen molar-refractivity contribution < 1.29 is 19.1 Å². The minimum Gasteiger partial charge on any atom is -0.423 e. The molecular formula is C37H37NO4. The molecule has 4 aromatic carbocycles. The Morgan fingerprint density at radius 2 is 1.10 bits per heavy atom. The molecule has 0 aromatic heterocycles. The number of rotatable bonds is 11. The fraction of sp³-hybridized carbons (Fsp3) is 0.189. The lowest BCUT2D eigenvalue weighted by Gasteiger charge is -2.27. The molecule has 0 atom stereocenters. The standard InChI is InChI=1S/C37H37NO4/c1-7-8-9-30-24-33(15-10-27(30)6)38(32-18-22-35(23-19-32)42-37(40)26(4)5)31-16-11-28(12-17-31)29-13-20-34(21-14-29)41-36(39)25(2)3/h10-24H,2,4,7-9H2,1,3,5-6H3. The molecule has 5 nitrogen and oxygen atoms in total. The molecular weight excluding hydrogens is 522 g/mol. The van der Waals surface area contributed by atoms with Crippen molar-refractivity contribution >= 4 is 29.0 Å². The number of benzene rings is 4. The summed E-state index contributed by atoms with van der Waals surface area (Å²) in [4.78, 5) is 26.0. The van der Waals surface area contributed by atoms with Gasteiger partial charge in [0.1, 0.15) is 11.5 Å². The van der Waals surface area contributed by atoms with E-state index in [1.165, 1.54) is 11.1 Å². The molecule has 42 heavy (non-hydrogen) atoms. The molecule has 0 N–H and O–H groups in total. The SMILES string of the molecule is C=C(C)C(=O)Oc1ccc(-c2ccc(N(c3ccc(OC(=O)C(=C)C)cc3)c3ccc(C)c(CCCC)c3)cc2)cc1. The molecule has 0 amide bonds. The molecule has 5 heteroatoms. The lowest BCUT2D eigenvalue weighted by atomic mass is 10.0. The molecule has 0 fully saturated rings. The summed E-state index contributed by atoms with van der Waals surface area (Å²) in [6.45, 7) is 14.9. The number of esters is 2. The summed E-state index contributed by atoms with van der Waals surface area (Å²) >= 11 is 0. The Kier molecular flexibility index (Phi) is 9.77. The van der Waals surface area contributed by atoms with Gasteiger partial charge in [-0.25, -0.2) is 9.59 Å². The maximum Gasteiger partial charge on any atom is 0.338 e. The van der Waals surface area contributed by atoms with E-state index >= 15 is 0 Å². The molecule has 0 heterocycles. The Hall–Kier alpha value is -4.90. The molecule has 4 rings (SSSR count). The molecule has 0 radical (unpaired) electrons. The van der Waals surface area contributed by atoms with Crippen LogP contribution in [0.5, 0.6) is 11.5 Å². The Balaban J connectivity index is 1.67. The van der Waals surface area contributed by atoms with Gasteiger partial charge in [-0.3, -0.25) is 0 Å². The van der Waals surface area contributed by atoms with Crippen LogP contribution in [0.1, 0.15) is 44.7 Å². The Morgan fingerprint density at radius 3 is 1.57 bits per heavy atom. The largest absolute Gasteiger partial charge is 0.423 e. The second-order valence-corrected chi connectivity index (χ2v) is 10.5. The van der Waals surface area contributed by atoms with Crippen LogP contribution in [-0.4, -0.2) is 11.9 Å². The Bertz CT molecular complexity index is 1580. The number of ether oxygens (including phenoxy) is 2. The van der Waals surface area contributed by atoms with Crippen LogP contribution in [0.25, 0.3) is 11.1 Å². The summed E-state index contributed by atoms with van der Waals surface area (Å²) < 4.78 is 10.7. The van der Waals surface area contributed by atoms with Gasteiger partial charge in [0.2, 0.25) is 0 Å². The van der Waals surface area contributed by atoms with Crippen molar-refractivity contribution in [2.24, 2.45) is 0 Å². The predicted molar refractivity (Wildman–Crippen MR) is 171 cm³/mol. The van der Waals surface area contributed by atoms with Crippen molar-refractivity contribution in [1.82, 2.24) is 0 Å². The summed E-state index contributed by atoms with van der Waals surface area (Å²) in [7, 11) is 0. The minimum absolute atomic E-state index is 0.350. The third-order valence-electron chi connectivity index (χ3n) is 6.92. The summed E-state index contributed by atoms with van der Waals surface area (Å²) in [5.74, 6) is 0.0524. The first-order valence-electron chi connectivity index (χ1n) is 14.1. The third-order valence-corrected chi connectivity index (χ3v) is 6.92. The van der Waals surface area contributed by atoms with E-state index in [1.807, 2.05) is 24.3 Å². The normalized spacial score (nSPS) is 10.6. The fourth-order valence-corrected chi connectivity index (χ4v) is 4.45. The Labute approximate surface area is 248 Å². The summed E-state index contributed by atoms with van der Waals surface area (Å²) in [6, 6.07) is 29.8. The molecule has 0 unspecified atom stereocenters. The number of carbonyl (C=O) groups excluding carboxylic acids is 2. The molecule has 0 aliphatic carbocycles. The van der Waals surface area contributed by atoms with Crippen LogP contribution in [-0.2, 0) is 16.0 Å². The number of hydrogen-bond donors (Lipinski definition) is 0. The molecule has 0 aliphatic heterocycles. The zero-order chi connectivity index (χ0) is 30.2. The van der Waals surface area contributed by atoms with E-state index in [0.717, 1.165) is 47.5 Å². The summed E-state index contributed by atoms with van der Waals surface area (Å²) in [5, 5.41) is 0. The first-order valence-corrected chi connectivity index (χ1v) is 14.1. The van der Waals surface area contributed by atoms with Crippen LogP contribution >= 0.6 is 0 Å². The van der Waals surface area contributed by atoms with E-state index in [0.29, 0.717) is 22.6 Å². The third kappa shape index (κ3) is 7.43. The summed E-state index contributed by atoms with van der Waals surface area (Å²) in [5.41, 5.74) is 8.33. The average Bonchev–Trinajstić information content (AvgIpc) is 2.99. The van der Waals surface area contributed by atoms with Crippen LogP contribution < -0.4 is 14.4 Å². The second-order valence-electron chi connectivity index (χ2n) is 10.5. The second kappa shape index (κ2) is 13.6. The van der Waals surface area contributed by atoms with E-state index < -0.39 is 11.9 Å². The van der Waals surface area contributed by atoms with Crippen molar-refractivity contribution in [3.05, 3.63) is 126 Å². The average molecular weight is 560 g/mol. The van der Waals surface area contributed by atoms with Gasteiger partial charge in [0.15, 0.2) is 0 Å². The Morgan fingerprint density at radius 1 is 0.667 bits per heavy atom. The zero-order valence-corrected chi connectivity index (χ0v) is 24.8. The molecule has 0 aliphatic rings. The highest BCUT2D eigenvalue weighted by Gasteiger charge is 2.15. The van der Waals surface area contributed by atoms with Gasteiger partial charge in [0.25, 0.3) is 0 Å². The van der Waals surface area contributed by atoms with Crippen molar-refractivity contribution in [3.63, 3.8) is 0 Å². The van der Waals surface area contributed by atoms with Gasteiger partial charge < -0.3 is 14.4 Å². The van der Waals surface area contributed by atoms with Crippen molar-refractivity contribution in [2.75, 3.05) is 4.90 Å². The molecule has 0 bridgehead atoms. The monoisotopic (exact) mass is 559 g/mol. The number of hydrogen-bond acceptors (Lipinski definition) is 5. The lowest BCUT2D eigenvalue weighted by Crippen LogP contribution is -2.11. The van der Waals surface area contributed by atoms with Crippen LogP contribution in [0.2, 0.25) is 0 Å². The lowest BCUT2D eigenvalue weighted by molar-refractivity contribution is -0.130. The number of anilines is 3. The number of nitrogens with zero attached hydrogens (tertiary/aromatic N) is 1. The quantitative estimate of drug-likeness (QED) is 0.104. The maximum atomic E-state index is 12.0. The number of unbranched alkanes of at least 4 members (excludes halogenated alkanes) is 1. The van der Waals surface area contributed by atoms with Crippen LogP contribution in [0.3, 0.4) is 0 Å². The minimum atomic E-state index is -0.448. The van der Waals surface area contributed by atoms with Gasteiger partial charge in [-0.2, -0.15) is 0 Å². The molecule has 0 saturated heterocycles. The highest BCUT2D eigenvalue weighted by Crippen LogP contribution is 2.37. The van der Waals surface area contributed by atoms with Gasteiger partial charge in [0.05, 0.1) is 0 Å². The molecule has 0 saturated carbocycles. The smallest absolute Gasteiger partial charge is 0.338 e. The van der Waals surface area contributed by atoms with Crippen LogP contribution in [0.15, 0.2) is 115 Å². The van der Waals surface area contributed by atoms with Crippen molar-refractivity contribution in [3.8, 4) is 22.6 Å². The maximum absolute atomic E-state index is 12.0. The van der Waals surface area contributed by atoms with E-state index in [1.54, 1.807) is 38.1 Å². The van der Waals surface area contributed by atoms with E-state index in [4.69, 9.17) is 9.47 Å². The van der Waals surface area contributed by atoms with Gasteiger partial charge >= 0.3 is 11.9 Å². The highest BCUT2D eigenvalue weighted by molar-refractivity contribution is 5.89. The molecule has 214 valence electrons. The van der Waals surface area contributed by atoms with Gasteiger partial charge in [-0.1, -0.05) is 56.8 Å². The first-order chi connectivity index (χ1) is 20.2. The van der Waals surface area contributed by atoms with Crippen molar-refractivity contribution in [1.29, 1.82) is 0 Å². The summed E-state index contributed by atoms with van der Waals surface area (Å²) in [6.07, 6.45) is 3.29. The highest BCUT2D eigenvalue weighted by atomic mass is 16.5. The van der Waals surface area contributed by atoms with Crippen LogP contribution in [0.4, 0.5) is 17.1 Å². The van der Waals surface area contributed by atoms with E-state index in [2.05, 4.69) is 74.4 Å². The van der Waals surface area contributed by atoms with Crippen LogP contribution in [0, 0.1) is 6.92 Å². The topological polar surface area (TPSA) is 55.8 Å². The van der Waals surface area contributed by atoms with Crippen molar-refractivity contribution in [2.45, 2.75) is 47.0 Å². The van der Waals surface area contributed by atoms with Gasteiger partial charge in [-0.05, 0) is 117 Å². The van der Waals surface area contributed by atoms with Gasteiger partial charge in [-0.15, -0.1) is 0 Å². The van der Waals surface area contributed by atoms with E-state index in [-0.39, 0.29) is 0 Å².